The van der Waals surface area contributed by atoms with Crippen molar-refractivity contribution in [1.82, 2.24) is 5.32 Å². The largest absolute Gasteiger partial charge is 0.494 e. The van der Waals surface area contributed by atoms with E-state index in [1.165, 1.54) is 31.4 Å². The lowest BCUT2D eigenvalue weighted by molar-refractivity contribution is 0.309. The Kier molecular flexibility index (Phi) is 6.19. The van der Waals surface area contributed by atoms with Crippen molar-refractivity contribution in [1.29, 1.82) is 0 Å². The minimum atomic E-state index is 0.597. The number of hydrogen-bond donors (Lipinski definition) is 2. The van der Waals surface area contributed by atoms with Gasteiger partial charge in [0.25, 0.3) is 0 Å². The topological polar surface area (TPSA) is 33.3 Å². The first-order valence-electron chi connectivity index (χ1n) is 8.00. The van der Waals surface area contributed by atoms with E-state index >= 15 is 0 Å². The third-order valence-corrected chi connectivity index (χ3v) is 3.88. The number of rotatable bonds is 7. The molecular weight excluding hydrogens is 248 g/mol. The summed E-state index contributed by atoms with van der Waals surface area (Å²) in [6.45, 7) is 6.26. The summed E-state index contributed by atoms with van der Waals surface area (Å²) in [5.41, 5.74) is 1.17. The number of benzene rings is 1. The van der Waals surface area contributed by atoms with Crippen molar-refractivity contribution >= 4 is 5.69 Å². The van der Waals surface area contributed by atoms with Crippen LogP contribution in [-0.2, 0) is 0 Å². The van der Waals surface area contributed by atoms with E-state index in [1.54, 1.807) is 0 Å². The van der Waals surface area contributed by atoms with E-state index in [2.05, 4.69) is 48.7 Å². The fourth-order valence-electron chi connectivity index (χ4n) is 2.64. The summed E-state index contributed by atoms with van der Waals surface area (Å²) in [5, 5.41) is 7.16. The third-order valence-electron chi connectivity index (χ3n) is 3.88. The monoisotopic (exact) mass is 276 g/mol. The van der Waals surface area contributed by atoms with E-state index in [0.29, 0.717) is 12.1 Å². The summed E-state index contributed by atoms with van der Waals surface area (Å²) in [5.74, 6) is 0.966. The fraction of sp³-hybridized carbons (Fsp3) is 0.647. The van der Waals surface area contributed by atoms with E-state index in [4.69, 9.17) is 4.74 Å². The van der Waals surface area contributed by atoms with Crippen LogP contribution in [0.25, 0.3) is 0 Å². The molecule has 0 aromatic heterocycles. The summed E-state index contributed by atoms with van der Waals surface area (Å²) in [6, 6.07) is 9.56. The normalized spacial score (nSPS) is 22.5. The van der Waals surface area contributed by atoms with Crippen molar-refractivity contribution in [3.63, 3.8) is 0 Å². The van der Waals surface area contributed by atoms with E-state index in [-0.39, 0.29) is 0 Å². The van der Waals surface area contributed by atoms with Crippen molar-refractivity contribution < 1.29 is 4.74 Å². The van der Waals surface area contributed by atoms with E-state index in [9.17, 15) is 0 Å². The second-order valence-corrected chi connectivity index (χ2v) is 5.80. The van der Waals surface area contributed by atoms with Gasteiger partial charge in [-0.2, -0.15) is 0 Å². The lowest BCUT2D eigenvalue weighted by Gasteiger charge is -2.29. The molecule has 0 radical (unpaired) electrons. The number of hydrogen-bond acceptors (Lipinski definition) is 3. The average molecular weight is 276 g/mol. The van der Waals surface area contributed by atoms with Crippen LogP contribution in [0.4, 0.5) is 5.69 Å². The zero-order valence-corrected chi connectivity index (χ0v) is 12.8. The highest BCUT2D eigenvalue weighted by Gasteiger charge is 2.16. The molecule has 2 unspecified atom stereocenters. The smallest absolute Gasteiger partial charge is 0.119 e. The first kappa shape index (κ1) is 15.2. The Hall–Kier alpha value is -1.22. The molecule has 3 heteroatoms. The molecule has 0 aliphatic carbocycles. The van der Waals surface area contributed by atoms with Gasteiger partial charge in [0.1, 0.15) is 5.75 Å². The Morgan fingerprint density at radius 3 is 2.75 bits per heavy atom. The van der Waals surface area contributed by atoms with Gasteiger partial charge < -0.3 is 15.4 Å². The number of nitrogens with one attached hydrogen (secondary N) is 2. The molecule has 0 bridgehead atoms. The molecule has 1 saturated heterocycles. The molecule has 1 aliphatic heterocycles. The Morgan fingerprint density at radius 2 is 2.05 bits per heavy atom. The van der Waals surface area contributed by atoms with Gasteiger partial charge in [-0.25, -0.2) is 0 Å². The van der Waals surface area contributed by atoms with Gasteiger partial charge in [0.15, 0.2) is 0 Å². The minimum absolute atomic E-state index is 0.597. The molecule has 1 fully saturated rings. The summed E-state index contributed by atoms with van der Waals surface area (Å²) in [6.07, 6.45) is 6.21. The van der Waals surface area contributed by atoms with Gasteiger partial charge in [-0.15, -0.1) is 0 Å². The number of anilines is 1. The minimum Gasteiger partial charge on any atom is -0.494 e. The van der Waals surface area contributed by atoms with Crippen LogP contribution in [-0.4, -0.2) is 25.2 Å². The van der Waals surface area contributed by atoms with Gasteiger partial charge in [0.2, 0.25) is 0 Å². The van der Waals surface area contributed by atoms with Crippen LogP contribution in [0.15, 0.2) is 24.3 Å². The van der Waals surface area contributed by atoms with Crippen LogP contribution in [0.5, 0.6) is 5.75 Å². The predicted octanol–water partition coefficient (Wildman–Crippen LogP) is 3.81. The van der Waals surface area contributed by atoms with Gasteiger partial charge in [0.05, 0.1) is 6.61 Å². The highest BCUT2D eigenvalue weighted by atomic mass is 16.5. The van der Waals surface area contributed by atoms with E-state index in [1.807, 2.05) is 0 Å². The summed E-state index contributed by atoms with van der Waals surface area (Å²) in [7, 11) is 0. The lowest BCUT2D eigenvalue weighted by atomic mass is 9.99. The van der Waals surface area contributed by atoms with Crippen LogP contribution < -0.4 is 15.4 Å². The molecular formula is C17H28N2O. The summed E-state index contributed by atoms with van der Waals surface area (Å²) >= 11 is 0. The van der Waals surface area contributed by atoms with Gasteiger partial charge >= 0.3 is 0 Å². The Balaban J connectivity index is 1.73. The summed E-state index contributed by atoms with van der Waals surface area (Å²) in [4.78, 5) is 0. The molecule has 1 aliphatic rings. The molecule has 20 heavy (non-hydrogen) atoms. The SMILES string of the molecule is CCCCOc1ccc(NCC2CCCC(C)N2)cc1. The maximum atomic E-state index is 5.67. The van der Waals surface area contributed by atoms with E-state index in [0.717, 1.165) is 25.3 Å². The van der Waals surface area contributed by atoms with Crippen molar-refractivity contribution in [2.45, 2.75) is 58.0 Å². The summed E-state index contributed by atoms with van der Waals surface area (Å²) < 4.78 is 5.67. The van der Waals surface area contributed by atoms with Gasteiger partial charge in [0, 0.05) is 24.3 Å². The first-order valence-corrected chi connectivity index (χ1v) is 8.00. The van der Waals surface area contributed by atoms with E-state index < -0.39 is 0 Å². The van der Waals surface area contributed by atoms with Gasteiger partial charge in [-0.05, 0) is 50.5 Å². The second kappa shape index (κ2) is 8.15. The Morgan fingerprint density at radius 1 is 1.25 bits per heavy atom. The molecule has 2 N–H and O–H groups in total. The maximum Gasteiger partial charge on any atom is 0.119 e. The van der Waals surface area contributed by atoms with Crippen LogP contribution in [0.2, 0.25) is 0 Å². The van der Waals surface area contributed by atoms with Gasteiger partial charge in [-0.3, -0.25) is 0 Å². The number of piperidine rings is 1. The zero-order valence-electron chi connectivity index (χ0n) is 12.8. The molecule has 1 aromatic rings. The maximum absolute atomic E-state index is 5.67. The fourth-order valence-corrected chi connectivity index (χ4v) is 2.64. The molecule has 3 nitrogen and oxygen atoms in total. The van der Waals surface area contributed by atoms with Crippen LogP contribution in [0, 0.1) is 0 Å². The molecule has 0 spiro atoms. The van der Waals surface area contributed by atoms with Crippen LogP contribution >= 0.6 is 0 Å². The van der Waals surface area contributed by atoms with Gasteiger partial charge in [-0.1, -0.05) is 19.8 Å². The van der Waals surface area contributed by atoms with Crippen molar-refractivity contribution in [3.8, 4) is 5.75 Å². The number of ether oxygens (including phenoxy) is 1. The van der Waals surface area contributed by atoms with Crippen molar-refractivity contribution in [2.75, 3.05) is 18.5 Å². The molecule has 0 amide bonds. The molecule has 2 atom stereocenters. The molecule has 1 aromatic carbocycles. The Labute approximate surface area is 123 Å². The highest BCUT2D eigenvalue weighted by Crippen LogP contribution is 2.17. The highest BCUT2D eigenvalue weighted by molar-refractivity contribution is 5.46. The molecule has 2 rings (SSSR count). The zero-order chi connectivity index (χ0) is 14.2. The predicted molar refractivity (Wildman–Crippen MR) is 85.6 cm³/mol. The van der Waals surface area contributed by atoms with Crippen LogP contribution in [0.1, 0.15) is 46.0 Å². The molecule has 112 valence electrons. The number of unbranched alkanes of at least 4 members (excludes halogenated alkanes) is 1. The molecule has 0 saturated carbocycles. The standard InChI is InChI=1S/C17H28N2O/c1-3-4-12-20-17-10-8-15(9-11-17)18-13-16-7-5-6-14(2)19-16/h8-11,14,16,18-19H,3-7,12-13H2,1-2H3. The quantitative estimate of drug-likeness (QED) is 0.743. The van der Waals surface area contributed by atoms with Crippen molar-refractivity contribution in [3.05, 3.63) is 24.3 Å². The Bertz CT molecular complexity index is 377. The van der Waals surface area contributed by atoms with Crippen molar-refractivity contribution in [2.24, 2.45) is 0 Å². The van der Waals surface area contributed by atoms with Crippen LogP contribution in [0.3, 0.4) is 0 Å². The third kappa shape index (κ3) is 5.04. The average Bonchev–Trinajstić information content (AvgIpc) is 2.47. The molecule has 1 heterocycles. The lowest BCUT2D eigenvalue weighted by Crippen LogP contribution is -2.44. The first-order chi connectivity index (χ1) is 9.78. The second-order valence-electron chi connectivity index (χ2n) is 5.80.